The second kappa shape index (κ2) is 6.89. The summed E-state index contributed by atoms with van der Waals surface area (Å²) in [4.78, 5) is 20.2. The van der Waals surface area contributed by atoms with Crippen molar-refractivity contribution in [1.29, 1.82) is 0 Å². The lowest BCUT2D eigenvalue weighted by molar-refractivity contribution is 0.102. The Morgan fingerprint density at radius 1 is 1.00 bits per heavy atom. The minimum absolute atomic E-state index is 0.226. The van der Waals surface area contributed by atoms with E-state index in [0.717, 1.165) is 5.69 Å². The minimum atomic E-state index is -0.226. The van der Waals surface area contributed by atoms with Crippen LogP contribution in [-0.4, -0.2) is 15.9 Å². The van der Waals surface area contributed by atoms with Crippen LogP contribution in [0, 0.1) is 0 Å². The van der Waals surface area contributed by atoms with Gasteiger partial charge >= 0.3 is 0 Å². The first-order chi connectivity index (χ1) is 11.2. The van der Waals surface area contributed by atoms with Crippen LogP contribution in [0.3, 0.4) is 0 Å². The Kier molecular flexibility index (Phi) is 4.49. The highest BCUT2D eigenvalue weighted by Crippen LogP contribution is 2.19. The minimum Gasteiger partial charge on any atom is -0.340 e. The van der Waals surface area contributed by atoms with Crippen molar-refractivity contribution in [3.05, 3.63) is 77.7 Å². The molecule has 114 valence electrons. The number of nitrogens with zero attached hydrogens (tertiary/aromatic N) is 2. The highest BCUT2D eigenvalue weighted by atomic mass is 35.5. The van der Waals surface area contributed by atoms with Gasteiger partial charge in [0.1, 0.15) is 5.82 Å². The molecule has 0 radical (unpaired) electrons. The summed E-state index contributed by atoms with van der Waals surface area (Å²) in [6, 6.07) is 14.3. The van der Waals surface area contributed by atoms with Crippen molar-refractivity contribution >= 4 is 34.7 Å². The van der Waals surface area contributed by atoms with Crippen LogP contribution in [0.25, 0.3) is 0 Å². The number of pyridine rings is 2. The second-order valence-electron chi connectivity index (χ2n) is 4.76. The van der Waals surface area contributed by atoms with Crippen LogP contribution >= 0.6 is 11.6 Å². The van der Waals surface area contributed by atoms with Gasteiger partial charge in [-0.3, -0.25) is 9.78 Å². The number of rotatable bonds is 4. The second-order valence-corrected chi connectivity index (χ2v) is 5.20. The zero-order chi connectivity index (χ0) is 16.1. The van der Waals surface area contributed by atoms with E-state index in [0.29, 0.717) is 22.1 Å². The molecule has 0 bridgehead atoms. The maximum absolute atomic E-state index is 12.0. The molecular formula is C17H13ClN4O. The summed E-state index contributed by atoms with van der Waals surface area (Å²) in [5.74, 6) is 0.432. The molecule has 0 saturated carbocycles. The highest BCUT2D eigenvalue weighted by Gasteiger charge is 2.06. The van der Waals surface area contributed by atoms with E-state index >= 15 is 0 Å². The molecule has 0 spiro atoms. The number of hydrogen-bond donors (Lipinski definition) is 2. The van der Waals surface area contributed by atoms with Crippen LogP contribution in [-0.2, 0) is 0 Å². The van der Waals surface area contributed by atoms with Gasteiger partial charge in [0.15, 0.2) is 0 Å². The monoisotopic (exact) mass is 324 g/mol. The summed E-state index contributed by atoms with van der Waals surface area (Å²) in [5.41, 5.74) is 1.95. The van der Waals surface area contributed by atoms with Gasteiger partial charge in [0.05, 0.1) is 17.4 Å². The van der Waals surface area contributed by atoms with Crippen LogP contribution < -0.4 is 10.6 Å². The van der Waals surface area contributed by atoms with Crippen LogP contribution in [0.2, 0.25) is 5.02 Å². The largest absolute Gasteiger partial charge is 0.340 e. The average molecular weight is 325 g/mol. The average Bonchev–Trinajstić information content (AvgIpc) is 2.57. The van der Waals surface area contributed by atoms with E-state index in [1.54, 1.807) is 48.8 Å². The Bertz CT molecular complexity index is 806. The molecule has 23 heavy (non-hydrogen) atoms. The fourth-order valence-electron chi connectivity index (χ4n) is 1.96. The van der Waals surface area contributed by atoms with Gasteiger partial charge < -0.3 is 10.6 Å². The maximum atomic E-state index is 12.0. The number of carbonyl (C=O) groups is 1. The van der Waals surface area contributed by atoms with E-state index in [4.69, 9.17) is 11.6 Å². The third-order valence-electron chi connectivity index (χ3n) is 3.04. The Hall–Kier alpha value is -2.92. The molecule has 2 N–H and O–H groups in total. The molecular weight excluding hydrogens is 312 g/mol. The van der Waals surface area contributed by atoms with Crippen molar-refractivity contribution in [2.75, 3.05) is 10.6 Å². The van der Waals surface area contributed by atoms with Gasteiger partial charge in [0.25, 0.3) is 5.91 Å². The first kappa shape index (κ1) is 15.0. The topological polar surface area (TPSA) is 66.9 Å². The van der Waals surface area contributed by atoms with E-state index < -0.39 is 0 Å². The molecule has 0 aliphatic heterocycles. The van der Waals surface area contributed by atoms with Crippen molar-refractivity contribution in [3.63, 3.8) is 0 Å². The number of hydrogen-bond acceptors (Lipinski definition) is 4. The van der Waals surface area contributed by atoms with Gasteiger partial charge in [-0.2, -0.15) is 0 Å². The van der Waals surface area contributed by atoms with Gasteiger partial charge in [0.2, 0.25) is 0 Å². The van der Waals surface area contributed by atoms with E-state index in [1.165, 1.54) is 6.20 Å². The molecule has 3 rings (SSSR count). The Balaban J connectivity index is 1.66. The smallest absolute Gasteiger partial charge is 0.257 e. The first-order valence-corrected chi connectivity index (χ1v) is 7.28. The fourth-order valence-corrected chi connectivity index (χ4v) is 2.15. The maximum Gasteiger partial charge on any atom is 0.257 e. The van der Waals surface area contributed by atoms with Crippen LogP contribution in [0.15, 0.2) is 67.1 Å². The van der Waals surface area contributed by atoms with Crippen LogP contribution in [0.5, 0.6) is 0 Å². The summed E-state index contributed by atoms with van der Waals surface area (Å²) in [5, 5.41) is 6.56. The summed E-state index contributed by atoms with van der Waals surface area (Å²) in [6.07, 6.45) is 4.72. The lowest BCUT2D eigenvalue weighted by Crippen LogP contribution is -2.12. The van der Waals surface area contributed by atoms with E-state index in [1.807, 2.05) is 12.1 Å². The Morgan fingerprint density at radius 3 is 2.61 bits per heavy atom. The molecule has 0 saturated heterocycles. The highest BCUT2D eigenvalue weighted by molar-refractivity contribution is 6.30. The summed E-state index contributed by atoms with van der Waals surface area (Å²) in [6.45, 7) is 0. The summed E-state index contributed by atoms with van der Waals surface area (Å²) >= 11 is 5.94. The number of amides is 1. The number of nitrogens with one attached hydrogen (secondary N) is 2. The SMILES string of the molecule is O=C(Nc1ccc(Nc2cccc(Cl)c2)nc1)c1cccnc1. The molecule has 2 aromatic heterocycles. The van der Waals surface area contributed by atoms with Crippen molar-refractivity contribution in [1.82, 2.24) is 9.97 Å². The number of anilines is 3. The van der Waals surface area contributed by atoms with Crippen molar-refractivity contribution < 1.29 is 4.79 Å². The zero-order valence-electron chi connectivity index (χ0n) is 12.0. The van der Waals surface area contributed by atoms with Gasteiger partial charge in [-0.15, -0.1) is 0 Å². The Labute approximate surface area is 138 Å². The molecule has 0 unspecified atom stereocenters. The standard InChI is InChI=1S/C17H13ClN4O/c18-13-4-1-5-14(9-13)21-16-7-6-15(11-20-16)22-17(23)12-3-2-8-19-10-12/h1-11H,(H,20,21)(H,22,23). The fraction of sp³-hybridized carbons (Fsp3) is 0. The lowest BCUT2D eigenvalue weighted by Gasteiger charge is -2.08. The van der Waals surface area contributed by atoms with Crippen molar-refractivity contribution in [2.24, 2.45) is 0 Å². The molecule has 0 atom stereocenters. The molecule has 1 amide bonds. The third kappa shape index (κ3) is 4.05. The van der Waals surface area contributed by atoms with Crippen LogP contribution in [0.4, 0.5) is 17.2 Å². The molecule has 0 aliphatic rings. The molecule has 1 aromatic carbocycles. The van der Waals surface area contributed by atoms with Gasteiger partial charge in [-0.25, -0.2) is 4.98 Å². The Morgan fingerprint density at radius 2 is 1.91 bits per heavy atom. The number of benzene rings is 1. The summed E-state index contributed by atoms with van der Waals surface area (Å²) < 4.78 is 0. The van der Waals surface area contributed by atoms with Gasteiger partial charge in [0, 0.05) is 23.1 Å². The van der Waals surface area contributed by atoms with Crippen molar-refractivity contribution in [3.8, 4) is 0 Å². The van der Waals surface area contributed by atoms with Gasteiger partial charge in [-0.1, -0.05) is 17.7 Å². The quantitative estimate of drug-likeness (QED) is 0.757. The summed E-state index contributed by atoms with van der Waals surface area (Å²) in [7, 11) is 0. The number of carbonyl (C=O) groups excluding carboxylic acids is 1. The molecule has 0 fully saturated rings. The molecule has 5 nitrogen and oxygen atoms in total. The first-order valence-electron chi connectivity index (χ1n) is 6.91. The third-order valence-corrected chi connectivity index (χ3v) is 3.28. The predicted octanol–water partition coefficient (Wildman–Crippen LogP) is 4.13. The lowest BCUT2D eigenvalue weighted by atomic mass is 10.2. The van der Waals surface area contributed by atoms with Crippen LogP contribution in [0.1, 0.15) is 10.4 Å². The zero-order valence-corrected chi connectivity index (χ0v) is 12.8. The van der Waals surface area contributed by atoms with Crippen molar-refractivity contribution in [2.45, 2.75) is 0 Å². The predicted molar refractivity (Wildman–Crippen MR) is 91.2 cm³/mol. The molecule has 6 heteroatoms. The van der Waals surface area contributed by atoms with Gasteiger partial charge in [-0.05, 0) is 42.5 Å². The molecule has 3 aromatic rings. The van der Waals surface area contributed by atoms with E-state index in [2.05, 4.69) is 20.6 Å². The van der Waals surface area contributed by atoms with E-state index in [-0.39, 0.29) is 5.91 Å². The number of aromatic nitrogens is 2. The normalized spacial score (nSPS) is 10.1. The molecule has 0 aliphatic carbocycles. The molecule has 2 heterocycles. The number of halogens is 1. The van der Waals surface area contributed by atoms with E-state index in [9.17, 15) is 4.79 Å².